The highest BCUT2D eigenvalue weighted by molar-refractivity contribution is 5.94. The molecule has 0 radical (unpaired) electrons. The molecule has 2 aromatic heterocycles. The fraction of sp³-hybridized carbons (Fsp3) is 0.136. The van der Waals surface area contributed by atoms with Crippen LogP contribution in [0.2, 0.25) is 0 Å². The Morgan fingerprint density at radius 2 is 1.79 bits per heavy atom. The lowest BCUT2D eigenvalue weighted by Gasteiger charge is -2.12. The number of carbonyl (C=O) groups excluding carboxylic acids is 1. The second-order valence-corrected chi connectivity index (χ2v) is 6.76. The number of amides is 1. The Morgan fingerprint density at radius 3 is 2.46 bits per heavy atom. The van der Waals surface area contributed by atoms with Gasteiger partial charge in [-0.25, -0.2) is 9.67 Å². The number of hydrogen-bond donors (Lipinski definition) is 1. The fourth-order valence-electron chi connectivity index (χ4n) is 3.08. The maximum absolute atomic E-state index is 12.7. The van der Waals surface area contributed by atoms with Gasteiger partial charge in [-0.2, -0.15) is 5.10 Å². The van der Waals surface area contributed by atoms with Gasteiger partial charge >= 0.3 is 0 Å². The van der Waals surface area contributed by atoms with Gasteiger partial charge in [-0.3, -0.25) is 4.79 Å². The van der Waals surface area contributed by atoms with Crippen LogP contribution in [-0.2, 0) is 11.3 Å². The number of carbonyl (C=O) groups is 1. The highest BCUT2D eigenvalue weighted by Gasteiger charge is 2.17. The summed E-state index contributed by atoms with van der Waals surface area (Å²) in [4.78, 5) is 16.9. The lowest BCUT2D eigenvalue weighted by molar-refractivity contribution is -0.116. The second kappa shape index (κ2) is 7.52. The molecule has 4 rings (SSSR count). The number of nitrogens with one attached hydrogen (secondary N) is 1. The summed E-state index contributed by atoms with van der Waals surface area (Å²) in [6, 6.07) is 18.0. The molecule has 0 saturated carbocycles. The summed E-state index contributed by atoms with van der Waals surface area (Å²) in [6.07, 6.45) is 5.28. The van der Waals surface area contributed by atoms with Gasteiger partial charge in [0.1, 0.15) is 12.4 Å². The lowest BCUT2D eigenvalue weighted by Crippen LogP contribution is -2.20. The standard InChI is InChI=1S/C22H21N5O/c1-16-8-10-19(11-9-16)27-22(20(12-24-27)18-6-4-3-5-7-18)25-21(28)14-26-13-17(2)23-15-26/h3-13,15H,14H2,1-2H3,(H,25,28). The first-order valence-corrected chi connectivity index (χ1v) is 9.09. The number of aromatic nitrogens is 4. The number of nitrogens with zero attached hydrogens (tertiary/aromatic N) is 4. The van der Waals surface area contributed by atoms with Gasteiger partial charge < -0.3 is 9.88 Å². The second-order valence-electron chi connectivity index (χ2n) is 6.76. The zero-order valence-corrected chi connectivity index (χ0v) is 15.8. The van der Waals surface area contributed by atoms with E-state index in [0.717, 1.165) is 22.5 Å². The Bertz CT molecular complexity index is 1090. The van der Waals surface area contributed by atoms with Crippen LogP contribution in [0.1, 0.15) is 11.3 Å². The summed E-state index contributed by atoms with van der Waals surface area (Å²) >= 11 is 0. The first-order valence-electron chi connectivity index (χ1n) is 9.09. The van der Waals surface area contributed by atoms with E-state index in [1.165, 1.54) is 5.56 Å². The van der Waals surface area contributed by atoms with Crippen LogP contribution in [0, 0.1) is 13.8 Å². The first kappa shape index (κ1) is 17.7. The number of benzene rings is 2. The monoisotopic (exact) mass is 371 g/mol. The van der Waals surface area contributed by atoms with E-state index in [1.54, 1.807) is 21.8 Å². The van der Waals surface area contributed by atoms with Gasteiger partial charge in [0.25, 0.3) is 0 Å². The highest BCUT2D eigenvalue weighted by Crippen LogP contribution is 2.30. The summed E-state index contributed by atoms with van der Waals surface area (Å²) in [5.41, 5.74) is 4.80. The van der Waals surface area contributed by atoms with Gasteiger partial charge in [-0.15, -0.1) is 0 Å². The normalized spacial score (nSPS) is 10.8. The molecule has 2 heterocycles. The van der Waals surface area contributed by atoms with Crippen molar-refractivity contribution in [1.82, 2.24) is 19.3 Å². The summed E-state index contributed by atoms with van der Waals surface area (Å²) in [5.74, 6) is 0.514. The number of hydrogen-bond acceptors (Lipinski definition) is 3. The van der Waals surface area contributed by atoms with Gasteiger partial charge in [-0.05, 0) is 31.5 Å². The van der Waals surface area contributed by atoms with Crippen LogP contribution in [0.5, 0.6) is 0 Å². The van der Waals surface area contributed by atoms with Gasteiger partial charge in [0.05, 0.1) is 23.9 Å². The molecule has 140 valence electrons. The topological polar surface area (TPSA) is 64.7 Å². The van der Waals surface area contributed by atoms with Crippen molar-refractivity contribution in [2.75, 3.05) is 5.32 Å². The van der Waals surface area contributed by atoms with Crippen LogP contribution in [0.4, 0.5) is 5.82 Å². The van der Waals surface area contributed by atoms with Crippen LogP contribution in [0.15, 0.2) is 73.3 Å². The Hall–Kier alpha value is -3.67. The third kappa shape index (κ3) is 3.71. The van der Waals surface area contributed by atoms with E-state index in [-0.39, 0.29) is 12.5 Å². The van der Waals surface area contributed by atoms with E-state index < -0.39 is 0 Å². The Labute approximate surface area is 163 Å². The molecular formula is C22H21N5O. The molecule has 0 aliphatic carbocycles. The van der Waals surface area contributed by atoms with Crippen molar-refractivity contribution in [2.24, 2.45) is 0 Å². The molecule has 1 N–H and O–H groups in total. The van der Waals surface area contributed by atoms with Crippen LogP contribution >= 0.6 is 0 Å². The summed E-state index contributed by atoms with van der Waals surface area (Å²) in [6.45, 7) is 4.13. The molecule has 6 heteroatoms. The minimum atomic E-state index is -0.136. The van der Waals surface area contributed by atoms with Crippen molar-refractivity contribution in [3.63, 3.8) is 0 Å². The van der Waals surface area contributed by atoms with E-state index in [2.05, 4.69) is 15.4 Å². The van der Waals surface area contributed by atoms with Gasteiger partial charge in [0.15, 0.2) is 0 Å². The molecular weight excluding hydrogens is 350 g/mol. The lowest BCUT2D eigenvalue weighted by atomic mass is 10.1. The quantitative estimate of drug-likeness (QED) is 0.577. The van der Waals surface area contributed by atoms with E-state index >= 15 is 0 Å². The van der Waals surface area contributed by atoms with Crippen molar-refractivity contribution in [2.45, 2.75) is 20.4 Å². The average molecular weight is 371 g/mol. The maximum Gasteiger partial charge on any atom is 0.245 e. The predicted octanol–water partition coefficient (Wildman–Crippen LogP) is 3.99. The molecule has 0 fully saturated rings. The van der Waals surface area contributed by atoms with E-state index in [1.807, 2.05) is 74.6 Å². The minimum Gasteiger partial charge on any atom is -0.328 e. The molecule has 28 heavy (non-hydrogen) atoms. The van der Waals surface area contributed by atoms with E-state index in [0.29, 0.717) is 5.82 Å². The van der Waals surface area contributed by atoms with Gasteiger partial charge in [-0.1, -0.05) is 48.0 Å². The molecule has 4 aromatic rings. The van der Waals surface area contributed by atoms with Crippen molar-refractivity contribution in [3.8, 4) is 16.8 Å². The van der Waals surface area contributed by atoms with Crippen molar-refractivity contribution >= 4 is 11.7 Å². The fourth-order valence-corrected chi connectivity index (χ4v) is 3.08. The van der Waals surface area contributed by atoms with Crippen molar-refractivity contribution < 1.29 is 4.79 Å². The largest absolute Gasteiger partial charge is 0.328 e. The average Bonchev–Trinajstić information content (AvgIpc) is 3.29. The number of aryl methyl sites for hydroxylation is 2. The molecule has 0 spiro atoms. The molecule has 0 bridgehead atoms. The molecule has 0 unspecified atom stereocenters. The number of anilines is 1. The van der Waals surface area contributed by atoms with Gasteiger partial charge in [0, 0.05) is 11.8 Å². The predicted molar refractivity (Wildman–Crippen MR) is 109 cm³/mol. The van der Waals surface area contributed by atoms with Crippen molar-refractivity contribution in [3.05, 3.63) is 84.6 Å². The third-order valence-electron chi connectivity index (χ3n) is 4.48. The van der Waals surface area contributed by atoms with Gasteiger partial charge in [0.2, 0.25) is 5.91 Å². The van der Waals surface area contributed by atoms with Crippen LogP contribution < -0.4 is 5.32 Å². The molecule has 0 atom stereocenters. The van der Waals surface area contributed by atoms with E-state index in [4.69, 9.17) is 0 Å². The molecule has 2 aromatic carbocycles. The van der Waals surface area contributed by atoms with Crippen LogP contribution in [-0.4, -0.2) is 25.2 Å². The first-order chi connectivity index (χ1) is 13.6. The van der Waals surface area contributed by atoms with E-state index in [9.17, 15) is 4.79 Å². The van der Waals surface area contributed by atoms with Crippen LogP contribution in [0.25, 0.3) is 16.8 Å². The minimum absolute atomic E-state index is 0.136. The van der Waals surface area contributed by atoms with Crippen LogP contribution in [0.3, 0.4) is 0 Å². The zero-order valence-electron chi connectivity index (χ0n) is 15.8. The summed E-state index contributed by atoms with van der Waals surface area (Å²) in [5, 5.41) is 7.58. The molecule has 0 aliphatic rings. The molecule has 0 saturated heterocycles. The molecule has 6 nitrogen and oxygen atoms in total. The molecule has 1 amide bonds. The smallest absolute Gasteiger partial charge is 0.245 e. The molecule has 0 aliphatic heterocycles. The Morgan fingerprint density at radius 1 is 1.04 bits per heavy atom. The number of rotatable bonds is 5. The maximum atomic E-state index is 12.7. The highest BCUT2D eigenvalue weighted by atomic mass is 16.2. The summed E-state index contributed by atoms with van der Waals surface area (Å²) in [7, 11) is 0. The van der Waals surface area contributed by atoms with Crippen molar-refractivity contribution in [1.29, 1.82) is 0 Å². The number of imidazole rings is 1. The summed E-state index contributed by atoms with van der Waals surface area (Å²) < 4.78 is 3.53. The zero-order chi connectivity index (χ0) is 19.5. The third-order valence-corrected chi connectivity index (χ3v) is 4.48. The SMILES string of the molecule is Cc1ccc(-n2ncc(-c3ccccc3)c2NC(=O)Cn2cnc(C)c2)cc1. The Kier molecular flexibility index (Phi) is 4.76. The Balaban J connectivity index is 1.70.